The molecule has 98 valence electrons. The van der Waals surface area contributed by atoms with Gasteiger partial charge in [0.05, 0.1) is 12.1 Å². The molecule has 1 aliphatic rings. The fourth-order valence-corrected chi connectivity index (χ4v) is 2.27. The van der Waals surface area contributed by atoms with E-state index in [4.69, 9.17) is 5.11 Å². The Hall–Kier alpha value is -1.62. The number of aliphatic carboxylic acids is 1. The van der Waals surface area contributed by atoms with Crippen molar-refractivity contribution in [2.45, 2.75) is 18.9 Å². The van der Waals surface area contributed by atoms with Crippen LogP contribution in [0, 0.1) is 5.82 Å². The van der Waals surface area contributed by atoms with Crippen molar-refractivity contribution in [3.63, 3.8) is 0 Å². The lowest BCUT2D eigenvalue weighted by Gasteiger charge is -2.26. The number of hydrogen-bond donors (Lipinski definition) is 2. The van der Waals surface area contributed by atoms with Crippen LogP contribution in [0.3, 0.4) is 0 Å². The molecule has 0 amide bonds. The summed E-state index contributed by atoms with van der Waals surface area (Å²) in [6.07, 6.45) is 0.940. The van der Waals surface area contributed by atoms with E-state index in [2.05, 4.69) is 5.32 Å². The molecule has 1 atom stereocenters. The fraction of sp³-hybridized carbons (Fsp3) is 0.462. The minimum absolute atomic E-state index is 0.0605. The Bertz CT molecular complexity index is 425. The number of carboxylic acids is 1. The van der Waals surface area contributed by atoms with Crippen LogP contribution in [0.5, 0.6) is 0 Å². The largest absolute Gasteiger partial charge is 0.481 e. The SMILES string of the molecule is O=C(O)CC1CN(c2ccccc2F)CCCN1. The van der Waals surface area contributed by atoms with Gasteiger partial charge >= 0.3 is 5.97 Å². The molecule has 0 aromatic heterocycles. The van der Waals surface area contributed by atoms with Gasteiger partial charge in [-0.1, -0.05) is 12.1 Å². The summed E-state index contributed by atoms with van der Waals surface area (Å²) in [5.41, 5.74) is 0.552. The quantitative estimate of drug-likeness (QED) is 0.855. The van der Waals surface area contributed by atoms with Crippen molar-refractivity contribution in [3.05, 3.63) is 30.1 Å². The van der Waals surface area contributed by atoms with Gasteiger partial charge in [-0.15, -0.1) is 0 Å². The first kappa shape index (κ1) is 12.8. The fourth-order valence-electron chi connectivity index (χ4n) is 2.27. The number of nitrogens with zero attached hydrogens (tertiary/aromatic N) is 1. The van der Waals surface area contributed by atoms with Crippen molar-refractivity contribution in [1.82, 2.24) is 5.32 Å². The maximum atomic E-state index is 13.7. The summed E-state index contributed by atoms with van der Waals surface area (Å²) in [7, 11) is 0. The Morgan fingerprint density at radius 2 is 2.28 bits per heavy atom. The number of nitrogens with one attached hydrogen (secondary N) is 1. The van der Waals surface area contributed by atoms with Gasteiger partial charge in [0, 0.05) is 19.1 Å². The average Bonchev–Trinajstić information content (AvgIpc) is 2.54. The molecule has 1 fully saturated rings. The molecule has 1 aliphatic heterocycles. The van der Waals surface area contributed by atoms with Gasteiger partial charge in [0.2, 0.25) is 0 Å². The Morgan fingerprint density at radius 3 is 3.00 bits per heavy atom. The van der Waals surface area contributed by atoms with Crippen LogP contribution in [0.15, 0.2) is 24.3 Å². The monoisotopic (exact) mass is 252 g/mol. The third kappa shape index (κ3) is 3.20. The molecule has 1 unspecified atom stereocenters. The Balaban J connectivity index is 2.12. The van der Waals surface area contributed by atoms with Crippen LogP contribution in [-0.2, 0) is 4.79 Å². The minimum atomic E-state index is -0.831. The van der Waals surface area contributed by atoms with Crippen molar-refractivity contribution < 1.29 is 14.3 Å². The number of rotatable bonds is 3. The van der Waals surface area contributed by atoms with E-state index in [1.807, 2.05) is 4.90 Å². The van der Waals surface area contributed by atoms with Gasteiger partial charge in [-0.2, -0.15) is 0 Å². The minimum Gasteiger partial charge on any atom is -0.481 e. The molecule has 0 aliphatic carbocycles. The predicted octanol–water partition coefficient (Wildman–Crippen LogP) is 1.47. The molecule has 0 radical (unpaired) electrons. The number of benzene rings is 1. The molecule has 1 aromatic carbocycles. The van der Waals surface area contributed by atoms with E-state index in [0.29, 0.717) is 12.2 Å². The standard InChI is InChI=1S/C13H17FN2O2/c14-11-4-1-2-5-12(11)16-7-3-6-15-10(9-16)8-13(17)18/h1-2,4-5,10,15H,3,6-9H2,(H,17,18). The Kier molecular flexibility index (Phi) is 4.15. The van der Waals surface area contributed by atoms with Crippen LogP contribution in [0.1, 0.15) is 12.8 Å². The van der Waals surface area contributed by atoms with Crippen LogP contribution in [0.2, 0.25) is 0 Å². The normalized spacial score (nSPS) is 20.5. The lowest BCUT2D eigenvalue weighted by molar-refractivity contribution is -0.137. The molecule has 1 aromatic rings. The molecule has 5 heteroatoms. The van der Waals surface area contributed by atoms with E-state index in [9.17, 15) is 9.18 Å². The molecule has 0 saturated carbocycles. The van der Waals surface area contributed by atoms with E-state index in [1.54, 1.807) is 18.2 Å². The van der Waals surface area contributed by atoms with Crippen LogP contribution in [-0.4, -0.2) is 36.8 Å². The summed E-state index contributed by atoms with van der Waals surface area (Å²) in [5, 5.41) is 12.0. The molecule has 0 spiro atoms. The lowest BCUT2D eigenvalue weighted by Crippen LogP contribution is -2.39. The van der Waals surface area contributed by atoms with Crippen molar-refractivity contribution in [2.24, 2.45) is 0 Å². The number of carboxylic acid groups (broad SMARTS) is 1. The first-order valence-electron chi connectivity index (χ1n) is 6.11. The van der Waals surface area contributed by atoms with Crippen LogP contribution in [0.4, 0.5) is 10.1 Å². The van der Waals surface area contributed by atoms with Crippen LogP contribution >= 0.6 is 0 Å². The topological polar surface area (TPSA) is 52.6 Å². The van der Waals surface area contributed by atoms with Gasteiger partial charge in [0.1, 0.15) is 5.82 Å². The molecule has 1 saturated heterocycles. The zero-order valence-corrected chi connectivity index (χ0v) is 10.1. The number of hydrogen-bond acceptors (Lipinski definition) is 3. The molecule has 2 rings (SSSR count). The first-order valence-corrected chi connectivity index (χ1v) is 6.11. The third-order valence-corrected chi connectivity index (χ3v) is 3.09. The predicted molar refractivity (Wildman–Crippen MR) is 67.3 cm³/mol. The maximum Gasteiger partial charge on any atom is 0.304 e. The molecule has 18 heavy (non-hydrogen) atoms. The van der Waals surface area contributed by atoms with E-state index in [0.717, 1.165) is 19.5 Å². The second kappa shape index (κ2) is 5.82. The van der Waals surface area contributed by atoms with Crippen molar-refractivity contribution in [2.75, 3.05) is 24.5 Å². The van der Waals surface area contributed by atoms with Crippen molar-refractivity contribution >= 4 is 11.7 Å². The summed E-state index contributed by atoms with van der Waals surface area (Å²) in [4.78, 5) is 12.7. The highest BCUT2D eigenvalue weighted by Crippen LogP contribution is 2.20. The van der Waals surface area contributed by atoms with E-state index < -0.39 is 5.97 Å². The molecule has 1 heterocycles. The number of anilines is 1. The average molecular weight is 252 g/mol. The molecule has 0 bridgehead atoms. The number of halogens is 1. The van der Waals surface area contributed by atoms with E-state index in [1.165, 1.54) is 6.07 Å². The van der Waals surface area contributed by atoms with Gasteiger partial charge in [0.25, 0.3) is 0 Å². The molecule has 4 nitrogen and oxygen atoms in total. The van der Waals surface area contributed by atoms with Crippen molar-refractivity contribution in [1.29, 1.82) is 0 Å². The molecular formula is C13H17FN2O2. The summed E-state index contributed by atoms with van der Waals surface area (Å²) in [6, 6.07) is 6.48. The summed E-state index contributed by atoms with van der Waals surface area (Å²) in [6.45, 7) is 2.03. The zero-order valence-electron chi connectivity index (χ0n) is 10.1. The van der Waals surface area contributed by atoms with Gasteiger partial charge in [-0.3, -0.25) is 4.79 Å². The second-order valence-corrected chi connectivity index (χ2v) is 4.50. The van der Waals surface area contributed by atoms with Gasteiger partial charge in [0.15, 0.2) is 0 Å². The lowest BCUT2D eigenvalue weighted by atomic mass is 10.2. The van der Waals surface area contributed by atoms with E-state index in [-0.39, 0.29) is 18.3 Å². The van der Waals surface area contributed by atoms with Crippen molar-refractivity contribution in [3.8, 4) is 0 Å². The number of para-hydroxylation sites is 1. The van der Waals surface area contributed by atoms with Gasteiger partial charge in [-0.25, -0.2) is 4.39 Å². The smallest absolute Gasteiger partial charge is 0.304 e. The van der Waals surface area contributed by atoms with Gasteiger partial charge < -0.3 is 15.3 Å². The highest BCUT2D eigenvalue weighted by Gasteiger charge is 2.21. The highest BCUT2D eigenvalue weighted by atomic mass is 19.1. The third-order valence-electron chi connectivity index (χ3n) is 3.09. The molecule has 2 N–H and O–H groups in total. The maximum absolute atomic E-state index is 13.7. The zero-order chi connectivity index (χ0) is 13.0. The molecular weight excluding hydrogens is 235 g/mol. The van der Waals surface area contributed by atoms with Crippen LogP contribution in [0.25, 0.3) is 0 Å². The Labute approximate surface area is 105 Å². The first-order chi connectivity index (χ1) is 8.66. The highest BCUT2D eigenvalue weighted by molar-refractivity contribution is 5.67. The van der Waals surface area contributed by atoms with Gasteiger partial charge in [-0.05, 0) is 25.1 Å². The van der Waals surface area contributed by atoms with E-state index >= 15 is 0 Å². The summed E-state index contributed by atoms with van der Waals surface area (Å²) in [5.74, 6) is -1.09. The second-order valence-electron chi connectivity index (χ2n) is 4.50. The summed E-state index contributed by atoms with van der Waals surface area (Å²) >= 11 is 0. The number of carbonyl (C=O) groups is 1. The van der Waals surface area contributed by atoms with Crippen LogP contribution < -0.4 is 10.2 Å². The summed E-state index contributed by atoms with van der Waals surface area (Å²) < 4.78 is 13.7. The Morgan fingerprint density at radius 1 is 1.50 bits per heavy atom.